The van der Waals surface area contributed by atoms with Crippen LogP contribution >= 0.6 is 34.6 Å². The average Bonchev–Trinajstić information content (AvgIpc) is 4.38. The van der Waals surface area contributed by atoms with Gasteiger partial charge >= 0.3 is 0 Å². The molecule has 3 N–H and O–H groups in total. The summed E-state index contributed by atoms with van der Waals surface area (Å²) in [4.78, 5) is 61.7. The molecule has 0 aliphatic rings. The smallest absolute Gasteiger partial charge is 0.293 e. The molecule has 6 aromatic carbocycles. The van der Waals surface area contributed by atoms with Crippen molar-refractivity contribution in [2.75, 3.05) is 30.0 Å². The third-order valence-electron chi connectivity index (χ3n) is 12.1. The number of fused-ring (bicyclic) bond motifs is 3. The molecule has 0 radical (unpaired) electrons. The van der Waals surface area contributed by atoms with Gasteiger partial charge in [0.15, 0.2) is 34.8 Å². The van der Waals surface area contributed by atoms with E-state index in [4.69, 9.17) is 13.3 Å². The Kier molecular flexibility index (Phi) is 17.2. The second kappa shape index (κ2) is 24.9. The number of furan rings is 3. The van der Waals surface area contributed by atoms with Crippen molar-refractivity contribution in [3.8, 4) is 34.2 Å². The molecule has 0 atom stereocenters. The number of carbonyl (C=O) groups is 4. The van der Waals surface area contributed by atoms with E-state index in [2.05, 4.69) is 44.0 Å². The minimum Gasteiger partial charge on any atom is -0.451 e. The first-order valence-electron chi connectivity index (χ1n) is 24.8. The molecule has 0 spiro atoms. The van der Waals surface area contributed by atoms with Crippen LogP contribution in [0, 0.1) is 41.5 Å². The SMILES string of the molecule is CN(C)C=O.Cc1ccc2c(C)c(C(=O)Nc3nc(-c4ccccc4)ns3)oc2c1.Cc1ccc2c(C)c(C(=O)Nc3nc(-c4ccccc4)ns3)oc2c1.Cc1ccc2c(C)c(C(=O)Nc3nc(-c4ccccc4)ns3)oc2c1. The predicted molar refractivity (Wildman–Crippen MR) is 317 cm³/mol. The molecule has 0 fully saturated rings. The molecule has 0 saturated heterocycles. The zero-order chi connectivity index (χ0) is 56.5. The van der Waals surface area contributed by atoms with Crippen LogP contribution in [0.15, 0.2) is 159 Å². The van der Waals surface area contributed by atoms with Crippen LogP contribution in [0.25, 0.3) is 67.1 Å². The van der Waals surface area contributed by atoms with Crippen LogP contribution in [-0.2, 0) is 4.79 Å². The van der Waals surface area contributed by atoms with Gasteiger partial charge in [-0.1, -0.05) is 127 Å². The van der Waals surface area contributed by atoms with Gasteiger partial charge in [0, 0.05) is 98.2 Å². The van der Waals surface area contributed by atoms with Crippen LogP contribution in [0.5, 0.6) is 0 Å². The summed E-state index contributed by atoms with van der Waals surface area (Å²) in [6, 6.07) is 46.6. The summed E-state index contributed by atoms with van der Waals surface area (Å²) in [5.41, 5.74) is 10.6. The summed E-state index contributed by atoms with van der Waals surface area (Å²) in [5.74, 6) is 1.74. The van der Waals surface area contributed by atoms with Gasteiger partial charge in [-0.2, -0.15) is 28.1 Å². The van der Waals surface area contributed by atoms with Crippen LogP contribution in [0.2, 0.25) is 0 Å². The summed E-state index contributed by atoms with van der Waals surface area (Å²) in [6.45, 7) is 11.6. The van der Waals surface area contributed by atoms with Crippen LogP contribution < -0.4 is 16.0 Å². The average molecular weight is 1120 g/mol. The molecule has 4 amide bonds. The molecule has 6 aromatic heterocycles. The molecule has 0 aliphatic heterocycles. The van der Waals surface area contributed by atoms with Gasteiger partial charge in [0.1, 0.15) is 16.7 Å². The minimum atomic E-state index is -0.317. The van der Waals surface area contributed by atoms with Gasteiger partial charge in [-0.25, -0.2) is 0 Å². The number of carbonyl (C=O) groups excluding carboxylic acids is 4. The Morgan fingerprint density at radius 2 is 0.688 bits per heavy atom. The highest BCUT2D eigenvalue weighted by molar-refractivity contribution is 7.10. The predicted octanol–water partition coefficient (Wildman–Crippen LogP) is 14.2. The number of rotatable bonds is 10. The zero-order valence-electron chi connectivity index (χ0n) is 44.6. The van der Waals surface area contributed by atoms with Gasteiger partial charge < -0.3 is 18.2 Å². The fourth-order valence-corrected chi connectivity index (χ4v) is 9.80. The van der Waals surface area contributed by atoms with Gasteiger partial charge in [-0.3, -0.25) is 35.1 Å². The third-order valence-corrected chi connectivity index (χ3v) is 14.0. The molecule has 0 aliphatic carbocycles. The Morgan fingerprint density at radius 1 is 0.425 bits per heavy atom. The monoisotopic (exact) mass is 1120 g/mol. The van der Waals surface area contributed by atoms with Crippen molar-refractivity contribution in [2.45, 2.75) is 41.5 Å². The maximum atomic E-state index is 12.6. The van der Waals surface area contributed by atoms with Crippen molar-refractivity contribution < 1.29 is 32.4 Å². The number of nitrogens with zero attached hydrogens (tertiary/aromatic N) is 7. The first-order valence-corrected chi connectivity index (χ1v) is 27.2. The van der Waals surface area contributed by atoms with E-state index in [9.17, 15) is 19.2 Å². The molecule has 20 heteroatoms. The Bertz CT molecular complexity index is 3730. The molecule has 12 rings (SSSR count). The van der Waals surface area contributed by atoms with Crippen molar-refractivity contribution in [1.29, 1.82) is 0 Å². The van der Waals surface area contributed by atoms with Crippen molar-refractivity contribution in [3.63, 3.8) is 0 Å². The summed E-state index contributed by atoms with van der Waals surface area (Å²) in [5, 5.41) is 12.5. The molecule has 0 saturated carbocycles. The quantitative estimate of drug-likeness (QED) is 0.109. The van der Waals surface area contributed by atoms with Gasteiger partial charge in [0.2, 0.25) is 21.8 Å². The van der Waals surface area contributed by atoms with Crippen molar-refractivity contribution in [2.24, 2.45) is 0 Å². The normalized spacial score (nSPS) is 10.7. The van der Waals surface area contributed by atoms with Gasteiger partial charge in [-0.05, 0) is 76.4 Å². The molecule has 80 heavy (non-hydrogen) atoms. The maximum absolute atomic E-state index is 12.6. The minimum absolute atomic E-state index is 0.303. The number of nitrogens with one attached hydrogen (secondary N) is 3. The molecule has 17 nitrogen and oxygen atoms in total. The van der Waals surface area contributed by atoms with E-state index in [0.717, 1.165) is 107 Å². The van der Waals surface area contributed by atoms with Crippen molar-refractivity contribution in [3.05, 3.63) is 196 Å². The molecule has 0 unspecified atom stereocenters. The fraction of sp³-hybridized carbons (Fsp3) is 0.133. The number of anilines is 3. The van der Waals surface area contributed by atoms with Crippen molar-refractivity contribution in [1.82, 2.24) is 33.0 Å². The second-order valence-corrected chi connectivity index (χ2v) is 20.7. The second-order valence-electron chi connectivity index (χ2n) is 18.5. The number of hydrogen-bond donors (Lipinski definition) is 3. The lowest BCUT2D eigenvalue weighted by atomic mass is 10.1. The Morgan fingerprint density at radius 3 is 0.938 bits per heavy atom. The third kappa shape index (κ3) is 13.1. The molecule has 402 valence electrons. The number of aromatic nitrogens is 6. The summed E-state index contributed by atoms with van der Waals surface area (Å²) in [6.07, 6.45) is 0.750. The van der Waals surface area contributed by atoms with Gasteiger partial charge in [-0.15, -0.1) is 0 Å². The maximum Gasteiger partial charge on any atom is 0.293 e. The highest BCUT2D eigenvalue weighted by Gasteiger charge is 2.23. The molecule has 6 heterocycles. The summed E-state index contributed by atoms with van der Waals surface area (Å²) in [7, 11) is 3.38. The zero-order valence-corrected chi connectivity index (χ0v) is 47.1. The van der Waals surface area contributed by atoms with E-state index in [0.29, 0.717) is 66.9 Å². The first-order chi connectivity index (χ1) is 38.6. The fourth-order valence-electron chi connectivity index (χ4n) is 8.05. The molecule has 12 aromatic rings. The summed E-state index contributed by atoms with van der Waals surface area (Å²) < 4.78 is 30.1. The van der Waals surface area contributed by atoms with E-state index < -0.39 is 0 Å². The van der Waals surface area contributed by atoms with E-state index in [-0.39, 0.29) is 17.7 Å². The van der Waals surface area contributed by atoms with Gasteiger partial charge in [0.05, 0.1) is 0 Å². The van der Waals surface area contributed by atoms with E-state index in [1.54, 1.807) is 14.1 Å². The van der Waals surface area contributed by atoms with E-state index >= 15 is 0 Å². The largest absolute Gasteiger partial charge is 0.451 e. The van der Waals surface area contributed by atoms with Crippen LogP contribution in [0.4, 0.5) is 15.4 Å². The number of hydrogen-bond acceptors (Lipinski definition) is 16. The van der Waals surface area contributed by atoms with Gasteiger partial charge in [0.25, 0.3) is 17.7 Å². The molecular formula is C60H52N10O7S3. The highest BCUT2D eigenvalue weighted by atomic mass is 32.1. The summed E-state index contributed by atoms with van der Waals surface area (Å²) >= 11 is 3.44. The lowest BCUT2D eigenvalue weighted by Crippen LogP contribution is -2.11. The highest BCUT2D eigenvalue weighted by Crippen LogP contribution is 2.31. The van der Waals surface area contributed by atoms with Crippen LogP contribution in [0.3, 0.4) is 0 Å². The Hall–Kier alpha value is -9.50. The molecule has 0 bridgehead atoms. The standard InChI is InChI=1S/3C19H15N3O2S.C3H7NO/c3*1-11-8-9-14-12(2)16(24-15(14)10-11)18(23)21-19-20-17(22-25-19)13-6-4-3-5-7-13;1-4(2)3-5/h3*3-10H,1-2H3,(H,20,21,22,23);3H,1-2H3. The first kappa shape index (κ1) is 55.3. The van der Waals surface area contributed by atoms with E-state index in [1.807, 2.05) is 187 Å². The lowest BCUT2D eigenvalue weighted by molar-refractivity contribution is -0.115. The topological polar surface area (TPSA) is 224 Å². The van der Waals surface area contributed by atoms with Crippen molar-refractivity contribution >= 4 is 107 Å². The number of amides is 4. The lowest BCUT2D eigenvalue weighted by Gasteiger charge is -1.98. The molecular weight excluding hydrogens is 1070 g/mol. The van der Waals surface area contributed by atoms with E-state index in [1.165, 1.54) is 4.90 Å². The Balaban J connectivity index is 0.000000139. The van der Waals surface area contributed by atoms with Crippen LogP contribution in [0.1, 0.15) is 65.0 Å². The van der Waals surface area contributed by atoms with Crippen LogP contribution in [-0.4, -0.2) is 71.2 Å². The number of benzene rings is 6. The Labute approximate surface area is 471 Å². The number of aryl methyl sites for hydroxylation is 6.